The van der Waals surface area contributed by atoms with E-state index in [2.05, 4.69) is 11.8 Å². The Kier molecular flexibility index (Phi) is 5.62. The number of methoxy groups -OCH3 is 1. The Morgan fingerprint density at radius 1 is 1.38 bits per heavy atom. The van der Waals surface area contributed by atoms with E-state index in [9.17, 15) is 4.79 Å². The lowest BCUT2D eigenvalue weighted by Crippen LogP contribution is -2.24. The summed E-state index contributed by atoms with van der Waals surface area (Å²) in [5, 5.41) is 9.11. The van der Waals surface area contributed by atoms with Gasteiger partial charge in [-0.15, -0.1) is 0 Å². The number of aromatic carboxylic acids is 1. The van der Waals surface area contributed by atoms with Crippen LogP contribution in [0.3, 0.4) is 0 Å². The van der Waals surface area contributed by atoms with E-state index < -0.39 is 5.97 Å². The first-order valence-electron chi connectivity index (χ1n) is 7.76. The van der Waals surface area contributed by atoms with Gasteiger partial charge in [-0.1, -0.05) is 19.4 Å². The van der Waals surface area contributed by atoms with Crippen molar-refractivity contribution in [3.05, 3.63) is 29.3 Å². The molecule has 1 aromatic carbocycles. The molecule has 0 bridgehead atoms. The molecule has 0 amide bonds. The second kappa shape index (κ2) is 7.46. The van der Waals surface area contributed by atoms with Crippen LogP contribution in [0.2, 0.25) is 0 Å². The van der Waals surface area contributed by atoms with Crippen LogP contribution in [0.25, 0.3) is 0 Å². The fourth-order valence-corrected chi connectivity index (χ4v) is 3.06. The maximum Gasteiger partial charge on any atom is 0.339 e. The van der Waals surface area contributed by atoms with Crippen LogP contribution in [0.1, 0.15) is 48.5 Å². The van der Waals surface area contributed by atoms with Gasteiger partial charge in [0.15, 0.2) is 0 Å². The van der Waals surface area contributed by atoms with Gasteiger partial charge in [0.25, 0.3) is 0 Å². The molecule has 1 aliphatic heterocycles. The predicted octanol–water partition coefficient (Wildman–Crippen LogP) is 3.41. The van der Waals surface area contributed by atoms with Crippen LogP contribution in [-0.2, 0) is 6.54 Å². The van der Waals surface area contributed by atoms with E-state index in [1.54, 1.807) is 6.07 Å². The summed E-state index contributed by atoms with van der Waals surface area (Å²) in [6.07, 6.45) is 5.12. The van der Waals surface area contributed by atoms with Crippen molar-refractivity contribution in [2.75, 3.05) is 20.2 Å². The minimum atomic E-state index is -0.945. The lowest BCUT2D eigenvalue weighted by atomic mass is 9.98. The van der Waals surface area contributed by atoms with Crippen molar-refractivity contribution in [2.45, 2.75) is 39.2 Å². The molecular weight excluding hydrogens is 266 g/mol. The molecule has 2 rings (SSSR count). The number of rotatable bonds is 5. The van der Waals surface area contributed by atoms with Crippen molar-refractivity contribution >= 4 is 5.97 Å². The fraction of sp³-hybridized carbons (Fsp3) is 0.588. The number of carboxylic acids is 1. The molecule has 0 saturated carbocycles. The zero-order valence-corrected chi connectivity index (χ0v) is 13.0. The molecule has 1 aromatic rings. The quantitative estimate of drug-likeness (QED) is 0.903. The Morgan fingerprint density at radius 3 is 2.86 bits per heavy atom. The second-order valence-corrected chi connectivity index (χ2v) is 5.82. The molecule has 1 aliphatic rings. The number of carboxylic acid groups (broad SMARTS) is 1. The highest BCUT2D eigenvalue weighted by molar-refractivity contribution is 5.90. The van der Waals surface area contributed by atoms with Gasteiger partial charge in [0.1, 0.15) is 11.3 Å². The molecule has 1 saturated heterocycles. The second-order valence-electron chi connectivity index (χ2n) is 5.82. The first-order valence-corrected chi connectivity index (χ1v) is 7.76. The van der Waals surface area contributed by atoms with Crippen LogP contribution < -0.4 is 4.74 Å². The van der Waals surface area contributed by atoms with Crippen molar-refractivity contribution in [3.8, 4) is 5.75 Å². The molecule has 0 aliphatic carbocycles. The Bertz CT molecular complexity index is 487. The van der Waals surface area contributed by atoms with Gasteiger partial charge in [0.05, 0.1) is 7.11 Å². The first kappa shape index (κ1) is 15.8. The summed E-state index contributed by atoms with van der Waals surface area (Å²) >= 11 is 0. The number of benzene rings is 1. The van der Waals surface area contributed by atoms with E-state index in [0.29, 0.717) is 5.75 Å². The molecule has 21 heavy (non-hydrogen) atoms. The largest absolute Gasteiger partial charge is 0.496 e. The van der Waals surface area contributed by atoms with Gasteiger partial charge in [0.2, 0.25) is 0 Å². The van der Waals surface area contributed by atoms with Crippen molar-refractivity contribution < 1.29 is 14.6 Å². The fourth-order valence-electron chi connectivity index (χ4n) is 3.06. The summed E-state index contributed by atoms with van der Waals surface area (Å²) in [4.78, 5) is 13.6. The Hall–Kier alpha value is -1.55. The zero-order valence-electron chi connectivity index (χ0n) is 13.0. The van der Waals surface area contributed by atoms with E-state index >= 15 is 0 Å². The molecule has 0 aromatic heterocycles. The highest BCUT2D eigenvalue weighted by Gasteiger charge is 2.17. The van der Waals surface area contributed by atoms with Gasteiger partial charge in [-0.05, 0) is 56.0 Å². The third-order valence-corrected chi connectivity index (χ3v) is 4.42. The van der Waals surface area contributed by atoms with E-state index in [-0.39, 0.29) is 5.56 Å². The Morgan fingerprint density at radius 2 is 2.19 bits per heavy atom. The number of carbonyl (C=O) groups is 1. The number of nitrogens with zero attached hydrogens (tertiary/aromatic N) is 1. The van der Waals surface area contributed by atoms with Crippen molar-refractivity contribution in [1.82, 2.24) is 4.90 Å². The highest BCUT2D eigenvalue weighted by atomic mass is 16.5. The number of ether oxygens (including phenoxy) is 1. The minimum absolute atomic E-state index is 0.225. The van der Waals surface area contributed by atoms with E-state index in [1.807, 2.05) is 12.1 Å². The summed E-state index contributed by atoms with van der Waals surface area (Å²) in [5.74, 6) is 0.360. The van der Waals surface area contributed by atoms with Crippen molar-refractivity contribution in [1.29, 1.82) is 0 Å². The standard InChI is InChI=1S/C17H25NO3/c1-3-13-5-4-9-18(10-8-13)12-14-6-7-15(17(19)20)16(11-14)21-2/h6-7,11,13H,3-5,8-10,12H2,1-2H3,(H,19,20). The summed E-state index contributed by atoms with van der Waals surface area (Å²) < 4.78 is 5.20. The normalized spacial score (nSPS) is 20.0. The lowest BCUT2D eigenvalue weighted by molar-refractivity contribution is 0.0693. The topological polar surface area (TPSA) is 49.8 Å². The van der Waals surface area contributed by atoms with E-state index in [1.165, 1.54) is 32.8 Å². The summed E-state index contributed by atoms with van der Waals surface area (Å²) in [6.45, 7) is 5.39. The molecule has 0 radical (unpaired) electrons. The minimum Gasteiger partial charge on any atom is -0.496 e. The van der Waals surface area contributed by atoms with Gasteiger partial charge in [0, 0.05) is 6.54 Å². The van der Waals surface area contributed by atoms with Gasteiger partial charge < -0.3 is 9.84 Å². The van der Waals surface area contributed by atoms with Gasteiger partial charge in [-0.2, -0.15) is 0 Å². The smallest absolute Gasteiger partial charge is 0.339 e. The van der Waals surface area contributed by atoms with Crippen LogP contribution in [-0.4, -0.2) is 36.2 Å². The third kappa shape index (κ3) is 4.21. The SMILES string of the molecule is CCC1CCCN(Cc2ccc(C(=O)O)c(OC)c2)CC1. The molecule has 4 heteroatoms. The number of hydrogen-bond acceptors (Lipinski definition) is 3. The van der Waals surface area contributed by atoms with Crippen LogP contribution in [0.5, 0.6) is 5.75 Å². The first-order chi connectivity index (χ1) is 10.1. The van der Waals surface area contributed by atoms with Crippen LogP contribution >= 0.6 is 0 Å². The van der Waals surface area contributed by atoms with Gasteiger partial charge >= 0.3 is 5.97 Å². The number of likely N-dealkylation sites (tertiary alicyclic amines) is 1. The van der Waals surface area contributed by atoms with Crippen molar-refractivity contribution in [2.24, 2.45) is 5.92 Å². The molecular formula is C17H25NO3. The Balaban J connectivity index is 2.04. The van der Waals surface area contributed by atoms with E-state index in [4.69, 9.17) is 9.84 Å². The average Bonchev–Trinajstić information content (AvgIpc) is 2.72. The molecule has 1 atom stereocenters. The van der Waals surface area contributed by atoms with Crippen LogP contribution in [0.15, 0.2) is 18.2 Å². The lowest BCUT2D eigenvalue weighted by Gasteiger charge is -2.20. The van der Waals surface area contributed by atoms with Gasteiger partial charge in [-0.3, -0.25) is 4.90 Å². The molecule has 116 valence electrons. The molecule has 1 heterocycles. The summed E-state index contributed by atoms with van der Waals surface area (Å²) in [7, 11) is 1.52. The molecule has 1 unspecified atom stereocenters. The van der Waals surface area contributed by atoms with Gasteiger partial charge in [-0.25, -0.2) is 4.79 Å². The number of hydrogen-bond donors (Lipinski definition) is 1. The maximum absolute atomic E-state index is 11.1. The molecule has 0 spiro atoms. The highest BCUT2D eigenvalue weighted by Crippen LogP contribution is 2.24. The van der Waals surface area contributed by atoms with Crippen molar-refractivity contribution in [3.63, 3.8) is 0 Å². The molecule has 1 N–H and O–H groups in total. The Labute approximate surface area is 126 Å². The van der Waals surface area contributed by atoms with Crippen LogP contribution in [0, 0.1) is 5.92 Å². The average molecular weight is 291 g/mol. The summed E-state index contributed by atoms with van der Waals surface area (Å²) in [5.41, 5.74) is 1.34. The third-order valence-electron chi connectivity index (χ3n) is 4.42. The van der Waals surface area contributed by atoms with Crippen LogP contribution in [0.4, 0.5) is 0 Å². The van der Waals surface area contributed by atoms with E-state index in [0.717, 1.165) is 31.1 Å². The predicted molar refractivity (Wildman–Crippen MR) is 82.9 cm³/mol. The molecule has 4 nitrogen and oxygen atoms in total. The maximum atomic E-state index is 11.1. The monoisotopic (exact) mass is 291 g/mol. The summed E-state index contributed by atoms with van der Waals surface area (Å²) in [6, 6.07) is 5.39. The zero-order chi connectivity index (χ0) is 15.2. The molecule has 1 fully saturated rings.